The molecule has 1 aliphatic heterocycles. The first-order valence-corrected chi connectivity index (χ1v) is 9.80. The van der Waals surface area contributed by atoms with Gasteiger partial charge in [0.25, 0.3) is 0 Å². The van der Waals surface area contributed by atoms with Crippen molar-refractivity contribution in [2.24, 2.45) is 0 Å². The van der Waals surface area contributed by atoms with Gasteiger partial charge in [0.05, 0.1) is 11.2 Å². The second-order valence-electron chi connectivity index (χ2n) is 7.91. The zero-order chi connectivity index (χ0) is 18.8. The molecule has 0 N–H and O–H groups in total. The molecule has 0 saturated carbocycles. The average molecular weight is 360 g/mol. The summed E-state index contributed by atoms with van der Waals surface area (Å²) in [7, 11) is -0.431. The molecule has 3 nitrogen and oxygen atoms in total. The van der Waals surface area contributed by atoms with Crippen molar-refractivity contribution in [1.82, 2.24) is 0 Å². The minimum Gasteiger partial charge on any atom is -0.400 e. The summed E-state index contributed by atoms with van der Waals surface area (Å²) < 4.78 is 12.4. The standard InChI is InChI=1S/C20H29BO3S/c1-14(2)17-10-8-9-16(11-17)12-18(13-25-15(3)22)21-23-19(4,5)20(6,7)24-21/h8-12,14H,13H2,1-7H3. The Balaban J connectivity index is 2.33. The Morgan fingerprint density at radius 2 is 1.80 bits per heavy atom. The first-order valence-electron chi connectivity index (χ1n) is 8.81. The van der Waals surface area contributed by atoms with Gasteiger partial charge in [-0.05, 0) is 50.2 Å². The van der Waals surface area contributed by atoms with Crippen molar-refractivity contribution in [1.29, 1.82) is 0 Å². The van der Waals surface area contributed by atoms with Crippen molar-refractivity contribution < 1.29 is 14.1 Å². The number of carbonyl (C=O) groups is 1. The van der Waals surface area contributed by atoms with Crippen molar-refractivity contribution in [3.05, 3.63) is 40.9 Å². The molecule has 0 aliphatic carbocycles. The molecule has 2 rings (SSSR count). The molecule has 0 bridgehead atoms. The van der Waals surface area contributed by atoms with Gasteiger partial charge in [-0.25, -0.2) is 0 Å². The maximum absolute atomic E-state index is 11.5. The van der Waals surface area contributed by atoms with Crippen LogP contribution in [0.15, 0.2) is 29.7 Å². The highest BCUT2D eigenvalue weighted by Crippen LogP contribution is 2.39. The Hall–Kier alpha value is -1.04. The van der Waals surface area contributed by atoms with Crippen molar-refractivity contribution in [3.8, 4) is 0 Å². The minimum atomic E-state index is -0.431. The molecular weight excluding hydrogens is 331 g/mol. The van der Waals surface area contributed by atoms with Gasteiger partial charge < -0.3 is 9.31 Å². The quantitative estimate of drug-likeness (QED) is 0.684. The smallest absolute Gasteiger partial charge is 0.400 e. The van der Waals surface area contributed by atoms with Crippen molar-refractivity contribution in [3.63, 3.8) is 0 Å². The summed E-state index contributed by atoms with van der Waals surface area (Å²) in [4.78, 5) is 11.5. The minimum absolute atomic E-state index is 0.0957. The number of carbonyl (C=O) groups excluding carboxylic acids is 1. The van der Waals surface area contributed by atoms with Crippen LogP contribution in [-0.2, 0) is 14.1 Å². The van der Waals surface area contributed by atoms with E-state index in [2.05, 4.69) is 44.2 Å². The third-order valence-electron chi connectivity index (χ3n) is 4.93. The molecule has 1 fully saturated rings. The molecule has 1 aliphatic rings. The van der Waals surface area contributed by atoms with E-state index < -0.39 is 18.3 Å². The average Bonchev–Trinajstić information content (AvgIpc) is 2.71. The van der Waals surface area contributed by atoms with E-state index in [-0.39, 0.29) is 5.12 Å². The Morgan fingerprint density at radius 3 is 2.32 bits per heavy atom. The highest BCUT2D eigenvalue weighted by Gasteiger charge is 2.52. The number of hydrogen-bond acceptors (Lipinski definition) is 4. The molecule has 0 atom stereocenters. The monoisotopic (exact) mass is 360 g/mol. The molecule has 1 aromatic carbocycles. The van der Waals surface area contributed by atoms with E-state index in [9.17, 15) is 4.79 Å². The van der Waals surface area contributed by atoms with Crippen LogP contribution < -0.4 is 0 Å². The summed E-state index contributed by atoms with van der Waals surface area (Å²) in [5.41, 5.74) is 2.61. The fourth-order valence-electron chi connectivity index (χ4n) is 2.58. The summed E-state index contributed by atoms with van der Waals surface area (Å²) in [5.74, 6) is 1.04. The van der Waals surface area contributed by atoms with Crippen LogP contribution >= 0.6 is 11.8 Å². The summed E-state index contributed by atoms with van der Waals surface area (Å²) in [6.45, 7) is 14.1. The zero-order valence-electron chi connectivity index (χ0n) is 16.4. The van der Waals surface area contributed by atoms with Crippen molar-refractivity contribution in [2.75, 3.05) is 5.75 Å². The van der Waals surface area contributed by atoms with Crippen molar-refractivity contribution in [2.45, 2.75) is 65.6 Å². The summed E-state index contributed by atoms with van der Waals surface area (Å²) in [6.07, 6.45) is 2.10. The summed E-state index contributed by atoms with van der Waals surface area (Å²) >= 11 is 1.29. The SMILES string of the molecule is CC(=O)SCC(=Cc1cccc(C(C)C)c1)B1OC(C)(C)C(C)(C)O1. The topological polar surface area (TPSA) is 35.5 Å². The molecule has 0 unspecified atom stereocenters. The van der Waals surface area contributed by atoms with E-state index in [1.165, 1.54) is 17.3 Å². The Morgan fingerprint density at radius 1 is 1.20 bits per heavy atom. The highest BCUT2D eigenvalue weighted by atomic mass is 32.2. The van der Waals surface area contributed by atoms with Crippen LogP contribution in [0.2, 0.25) is 0 Å². The molecule has 0 amide bonds. The fourth-order valence-corrected chi connectivity index (χ4v) is 3.17. The maximum Gasteiger partial charge on any atom is 0.491 e. The fraction of sp³-hybridized carbons (Fsp3) is 0.550. The Bertz CT molecular complexity index is 649. The van der Waals surface area contributed by atoms with Gasteiger partial charge >= 0.3 is 7.12 Å². The van der Waals surface area contributed by atoms with Crippen LogP contribution in [0.25, 0.3) is 6.08 Å². The predicted octanol–water partition coefficient (Wildman–Crippen LogP) is 5.10. The Kier molecular flexibility index (Phi) is 6.24. The largest absolute Gasteiger partial charge is 0.491 e. The van der Waals surface area contributed by atoms with Gasteiger partial charge in [0.1, 0.15) is 0 Å². The van der Waals surface area contributed by atoms with Gasteiger partial charge in [0.2, 0.25) is 0 Å². The van der Waals surface area contributed by atoms with E-state index in [1.54, 1.807) is 6.92 Å². The van der Waals surface area contributed by atoms with Crippen molar-refractivity contribution >= 4 is 30.1 Å². The summed E-state index contributed by atoms with van der Waals surface area (Å²) in [6, 6.07) is 8.48. The third-order valence-corrected chi connectivity index (χ3v) is 5.81. The van der Waals surface area contributed by atoms with Crippen LogP contribution in [0.1, 0.15) is 65.5 Å². The lowest BCUT2D eigenvalue weighted by molar-refractivity contribution is -0.109. The molecule has 1 heterocycles. The highest BCUT2D eigenvalue weighted by molar-refractivity contribution is 8.13. The lowest BCUT2D eigenvalue weighted by atomic mass is 9.78. The van der Waals surface area contributed by atoms with Crippen LogP contribution in [0.5, 0.6) is 0 Å². The van der Waals surface area contributed by atoms with Gasteiger partial charge in [-0.2, -0.15) is 0 Å². The first-order chi connectivity index (χ1) is 11.5. The molecular formula is C20H29BO3S. The third kappa shape index (κ3) is 4.99. The van der Waals surface area contributed by atoms with Gasteiger partial charge in [0, 0.05) is 12.7 Å². The van der Waals surface area contributed by atoms with Gasteiger partial charge in [-0.3, -0.25) is 4.79 Å². The second kappa shape index (κ2) is 7.69. The van der Waals surface area contributed by atoms with E-state index in [0.717, 1.165) is 11.0 Å². The van der Waals surface area contributed by atoms with Gasteiger partial charge in [-0.1, -0.05) is 56.0 Å². The lowest BCUT2D eigenvalue weighted by Gasteiger charge is -2.32. The van der Waals surface area contributed by atoms with Crippen LogP contribution in [0, 0.1) is 0 Å². The predicted molar refractivity (Wildman–Crippen MR) is 108 cm³/mol. The molecule has 5 heteroatoms. The molecule has 1 saturated heterocycles. The number of hydrogen-bond donors (Lipinski definition) is 0. The van der Waals surface area contributed by atoms with Crippen LogP contribution in [0.3, 0.4) is 0 Å². The number of rotatable bonds is 5. The van der Waals surface area contributed by atoms with E-state index in [4.69, 9.17) is 9.31 Å². The van der Waals surface area contributed by atoms with Gasteiger partial charge in [0.15, 0.2) is 5.12 Å². The van der Waals surface area contributed by atoms with Crippen LogP contribution in [-0.4, -0.2) is 29.2 Å². The van der Waals surface area contributed by atoms with E-state index >= 15 is 0 Å². The first kappa shape index (κ1) is 20.3. The number of thioether (sulfide) groups is 1. The molecule has 0 spiro atoms. The molecule has 0 radical (unpaired) electrons. The summed E-state index contributed by atoms with van der Waals surface area (Å²) in [5, 5.41) is 0.0957. The van der Waals surface area contributed by atoms with E-state index in [0.29, 0.717) is 11.7 Å². The second-order valence-corrected chi connectivity index (χ2v) is 9.06. The Labute approximate surface area is 156 Å². The number of benzene rings is 1. The molecule has 0 aromatic heterocycles. The zero-order valence-corrected chi connectivity index (χ0v) is 17.2. The van der Waals surface area contributed by atoms with Crippen LogP contribution in [0.4, 0.5) is 0 Å². The lowest BCUT2D eigenvalue weighted by Crippen LogP contribution is -2.41. The maximum atomic E-state index is 11.5. The normalized spacial score (nSPS) is 19.5. The molecule has 136 valence electrons. The molecule has 1 aromatic rings. The van der Waals surface area contributed by atoms with E-state index in [1.807, 2.05) is 27.7 Å². The van der Waals surface area contributed by atoms with Gasteiger partial charge in [-0.15, -0.1) is 0 Å². The molecule has 25 heavy (non-hydrogen) atoms.